The van der Waals surface area contributed by atoms with Gasteiger partial charge in [-0.15, -0.1) is 0 Å². The Hall–Kier alpha value is -3.52. The molecule has 0 fully saturated rings. The summed E-state index contributed by atoms with van der Waals surface area (Å²) < 4.78 is 20.8. The number of ether oxygens (including phenoxy) is 1. The molecule has 0 bridgehead atoms. The van der Waals surface area contributed by atoms with E-state index in [0.717, 1.165) is 41.4 Å². The highest BCUT2D eigenvalue weighted by atomic mass is 31.1. The fraction of sp³-hybridized carbons (Fsp3) is 0.200. The molecule has 4 aromatic rings. The molecule has 0 saturated heterocycles. The zero-order valence-electron chi connectivity index (χ0n) is 22.4. The summed E-state index contributed by atoms with van der Waals surface area (Å²) in [6, 6.07) is 30.7. The van der Waals surface area contributed by atoms with E-state index < -0.39 is 0 Å². The lowest BCUT2D eigenvalue weighted by atomic mass is 9.91. The van der Waals surface area contributed by atoms with Crippen molar-refractivity contribution in [3.05, 3.63) is 149 Å². The molecule has 0 aliphatic heterocycles. The molecule has 0 aromatic heterocycles. The summed E-state index contributed by atoms with van der Waals surface area (Å²) in [5.41, 5.74) is 5.90. The highest BCUT2D eigenvalue weighted by Gasteiger charge is 2.18. The van der Waals surface area contributed by atoms with Gasteiger partial charge in [0.2, 0.25) is 0 Å². The van der Waals surface area contributed by atoms with Crippen molar-refractivity contribution < 1.29 is 9.13 Å². The number of benzene rings is 4. The molecular weight excluding hydrogens is 500 g/mol. The minimum Gasteiger partial charge on any atom is -0.488 e. The third-order valence-corrected chi connectivity index (χ3v) is 8.36. The van der Waals surface area contributed by atoms with Crippen molar-refractivity contribution in [3.8, 4) is 5.75 Å². The maximum Gasteiger partial charge on any atom is 0.131 e. The van der Waals surface area contributed by atoms with E-state index in [2.05, 4.69) is 84.2 Å². The van der Waals surface area contributed by atoms with Crippen molar-refractivity contribution in [1.82, 2.24) is 5.32 Å². The Labute approximate surface area is 233 Å². The monoisotopic (exact) mass is 535 g/mol. The van der Waals surface area contributed by atoms with Crippen LogP contribution in [0.1, 0.15) is 34.2 Å². The van der Waals surface area contributed by atoms with Crippen molar-refractivity contribution in [2.45, 2.75) is 32.4 Å². The Bertz CT molecular complexity index is 1430. The van der Waals surface area contributed by atoms with Crippen molar-refractivity contribution in [3.63, 3.8) is 0 Å². The van der Waals surface area contributed by atoms with Crippen LogP contribution in [0.15, 0.2) is 115 Å². The standard InChI is InChI=1S/C35H35FNOP/c1-37-24-31-23-32(36)17-18-33(31)39-34-22-29(19-26-11-5-2-6-12-26)21-30(20-27-13-7-3-8-14-27)35(34)38-25-28-15-9-4-10-16-28/h2-11,13-18,21-23,26,37,39H,12,19-20,24-25H2,1H3. The van der Waals surface area contributed by atoms with Crippen molar-refractivity contribution >= 4 is 19.2 Å². The molecule has 1 aliphatic carbocycles. The summed E-state index contributed by atoms with van der Waals surface area (Å²) in [6.07, 6.45) is 11.7. The SMILES string of the molecule is CNCc1cc(F)ccc1Pc1cc(CC2C=CC=CC2)cc(Cc2ccccc2)c1OCc1ccccc1. The summed E-state index contributed by atoms with van der Waals surface area (Å²) in [5.74, 6) is 1.23. The molecule has 1 aliphatic rings. The molecule has 39 heavy (non-hydrogen) atoms. The van der Waals surface area contributed by atoms with Gasteiger partial charge in [0.05, 0.1) is 0 Å². The van der Waals surface area contributed by atoms with Crippen molar-refractivity contribution in [2.24, 2.45) is 5.92 Å². The molecule has 2 nitrogen and oxygen atoms in total. The fourth-order valence-corrected chi connectivity index (χ4v) is 6.45. The Morgan fingerprint density at radius 2 is 1.59 bits per heavy atom. The lowest BCUT2D eigenvalue weighted by Gasteiger charge is -2.21. The summed E-state index contributed by atoms with van der Waals surface area (Å²) >= 11 is 0. The minimum atomic E-state index is -0.204. The van der Waals surface area contributed by atoms with Crippen LogP contribution in [0.5, 0.6) is 5.75 Å². The van der Waals surface area contributed by atoms with Gasteiger partial charge in [0.25, 0.3) is 0 Å². The first kappa shape index (κ1) is 27.1. The van der Waals surface area contributed by atoms with Crippen LogP contribution in [0.4, 0.5) is 4.39 Å². The second kappa shape index (κ2) is 13.5. The van der Waals surface area contributed by atoms with Gasteiger partial charge in [-0.05, 0) is 77.1 Å². The van der Waals surface area contributed by atoms with Crippen LogP contribution in [-0.2, 0) is 26.0 Å². The van der Waals surface area contributed by atoms with Gasteiger partial charge in [0.1, 0.15) is 18.2 Å². The van der Waals surface area contributed by atoms with Crippen LogP contribution >= 0.6 is 8.58 Å². The van der Waals surface area contributed by atoms with Crippen LogP contribution in [0.25, 0.3) is 0 Å². The van der Waals surface area contributed by atoms with E-state index in [1.165, 1.54) is 22.0 Å². The molecule has 0 saturated carbocycles. The third-order valence-electron chi connectivity index (χ3n) is 6.96. The Kier molecular flexibility index (Phi) is 9.38. The second-order valence-corrected chi connectivity index (χ2v) is 11.4. The molecule has 4 heteroatoms. The van der Waals surface area contributed by atoms with Crippen LogP contribution < -0.4 is 20.7 Å². The van der Waals surface area contributed by atoms with Crippen LogP contribution in [0.3, 0.4) is 0 Å². The molecule has 0 amide bonds. The van der Waals surface area contributed by atoms with Gasteiger partial charge in [-0.3, -0.25) is 0 Å². The summed E-state index contributed by atoms with van der Waals surface area (Å²) in [6.45, 7) is 1.12. The lowest BCUT2D eigenvalue weighted by molar-refractivity contribution is 0.306. The Morgan fingerprint density at radius 3 is 2.31 bits per heavy atom. The molecule has 0 heterocycles. The van der Waals surface area contributed by atoms with E-state index in [0.29, 0.717) is 27.7 Å². The van der Waals surface area contributed by atoms with Crippen LogP contribution in [0, 0.1) is 11.7 Å². The largest absolute Gasteiger partial charge is 0.488 e. The van der Waals surface area contributed by atoms with E-state index in [1.807, 2.05) is 31.3 Å². The van der Waals surface area contributed by atoms with E-state index >= 15 is 0 Å². The topological polar surface area (TPSA) is 21.3 Å². The molecule has 0 radical (unpaired) electrons. The lowest BCUT2D eigenvalue weighted by Crippen LogP contribution is -2.18. The highest BCUT2D eigenvalue weighted by Crippen LogP contribution is 2.31. The van der Waals surface area contributed by atoms with Gasteiger partial charge in [-0.25, -0.2) is 4.39 Å². The van der Waals surface area contributed by atoms with E-state index in [1.54, 1.807) is 12.1 Å². The van der Waals surface area contributed by atoms with Gasteiger partial charge in [0.15, 0.2) is 0 Å². The maximum atomic E-state index is 14.2. The van der Waals surface area contributed by atoms with Gasteiger partial charge in [-0.2, -0.15) is 0 Å². The maximum absolute atomic E-state index is 14.2. The van der Waals surface area contributed by atoms with Crippen molar-refractivity contribution in [2.75, 3.05) is 7.05 Å². The van der Waals surface area contributed by atoms with Gasteiger partial charge >= 0.3 is 0 Å². The molecule has 0 spiro atoms. The van der Waals surface area contributed by atoms with Gasteiger partial charge in [-0.1, -0.05) is 106 Å². The number of hydrogen-bond donors (Lipinski definition) is 1. The first-order chi connectivity index (χ1) is 19.2. The molecular formula is C35H35FNOP. The average molecular weight is 536 g/mol. The number of rotatable bonds is 11. The molecule has 4 aromatic carbocycles. The first-order valence-electron chi connectivity index (χ1n) is 13.6. The zero-order valence-corrected chi connectivity index (χ0v) is 23.4. The summed E-state index contributed by atoms with van der Waals surface area (Å²) in [4.78, 5) is 0. The number of hydrogen-bond acceptors (Lipinski definition) is 2. The van der Waals surface area contributed by atoms with Gasteiger partial charge < -0.3 is 10.1 Å². The molecule has 2 atom stereocenters. The fourth-order valence-electron chi connectivity index (χ4n) is 5.06. The van der Waals surface area contributed by atoms with Crippen molar-refractivity contribution in [1.29, 1.82) is 0 Å². The molecule has 5 rings (SSSR count). The Morgan fingerprint density at radius 1 is 0.821 bits per heavy atom. The predicted octanol–water partition coefficient (Wildman–Crippen LogP) is 7.02. The quantitative estimate of drug-likeness (QED) is 0.209. The smallest absolute Gasteiger partial charge is 0.131 e. The highest BCUT2D eigenvalue weighted by molar-refractivity contribution is 7.55. The minimum absolute atomic E-state index is 0.204. The summed E-state index contributed by atoms with van der Waals surface area (Å²) in [7, 11) is 2.25. The van der Waals surface area contributed by atoms with E-state index in [9.17, 15) is 4.39 Å². The first-order valence-corrected chi connectivity index (χ1v) is 14.6. The Balaban J connectivity index is 1.57. The second-order valence-electron chi connectivity index (χ2n) is 10.0. The zero-order chi connectivity index (χ0) is 26.9. The van der Waals surface area contributed by atoms with Crippen LogP contribution in [0.2, 0.25) is 0 Å². The summed E-state index contributed by atoms with van der Waals surface area (Å²) in [5, 5.41) is 5.51. The van der Waals surface area contributed by atoms with Crippen LogP contribution in [-0.4, -0.2) is 7.05 Å². The van der Waals surface area contributed by atoms with E-state index in [-0.39, 0.29) is 5.82 Å². The van der Waals surface area contributed by atoms with Gasteiger partial charge in [0, 0.05) is 18.3 Å². The molecule has 2 unspecified atom stereocenters. The number of allylic oxidation sites excluding steroid dienone is 4. The van der Waals surface area contributed by atoms with E-state index in [4.69, 9.17) is 4.74 Å². The third kappa shape index (κ3) is 7.53. The molecule has 1 N–H and O–H groups in total. The average Bonchev–Trinajstić information content (AvgIpc) is 2.96. The number of halogens is 1. The number of nitrogens with one attached hydrogen (secondary N) is 1. The predicted molar refractivity (Wildman–Crippen MR) is 163 cm³/mol. The normalized spacial score (nSPS) is 14.8. The molecule has 198 valence electrons.